The van der Waals surface area contributed by atoms with Crippen molar-refractivity contribution < 1.29 is 0 Å². The van der Waals surface area contributed by atoms with Crippen LogP contribution in [-0.2, 0) is 0 Å². The van der Waals surface area contributed by atoms with Crippen molar-refractivity contribution in [1.82, 2.24) is 31.5 Å². The molecule has 3 rings (SSSR count). The first kappa shape index (κ1) is 12.7. The fraction of sp³-hybridized carbons (Fsp3) is 0.667. The quantitative estimate of drug-likeness (QED) is 0.434. The minimum absolute atomic E-state index is 0.0548. The van der Waals surface area contributed by atoms with E-state index in [0.29, 0.717) is 0 Å². The number of hydrogen-bond acceptors (Lipinski definition) is 6. The van der Waals surface area contributed by atoms with E-state index in [-0.39, 0.29) is 17.6 Å². The molecule has 2 aliphatic rings. The molecular formula is C12H20N6O. The van der Waals surface area contributed by atoms with Crippen LogP contribution in [0.3, 0.4) is 0 Å². The maximum atomic E-state index is 12.1. The van der Waals surface area contributed by atoms with Gasteiger partial charge in [-0.3, -0.25) is 4.79 Å². The molecule has 2 atom stereocenters. The SMILES string of the molecule is O=c1[nH]ncc(C2CNCCN2)c1C1CNCCN1. The molecule has 5 N–H and O–H groups in total. The Kier molecular flexibility index (Phi) is 3.88. The molecule has 2 unspecified atom stereocenters. The molecule has 0 aromatic carbocycles. The van der Waals surface area contributed by atoms with Gasteiger partial charge in [0.15, 0.2) is 0 Å². The number of nitrogens with one attached hydrogen (secondary N) is 5. The van der Waals surface area contributed by atoms with E-state index >= 15 is 0 Å². The standard InChI is InChI=1S/C12H20N6O/c19-12-11(10-7-14-2-4-16-10)8(5-17-18-12)9-6-13-1-3-15-9/h5,9-10,13-16H,1-4,6-7H2,(H,18,19). The fourth-order valence-corrected chi connectivity index (χ4v) is 2.79. The van der Waals surface area contributed by atoms with Crippen LogP contribution in [0.5, 0.6) is 0 Å². The molecule has 0 bridgehead atoms. The molecular weight excluding hydrogens is 244 g/mol. The summed E-state index contributed by atoms with van der Waals surface area (Å²) in [6, 6.07) is 0.210. The topological polar surface area (TPSA) is 93.9 Å². The second-order valence-corrected chi connectivity index (χ2v) is 4.99. The Bertz CT molecular complexity index is 475. The molecule has 3 heterocycles. The van der Waals surface area contributed by atoms with E-state index in [1.54, 1.807) is 6.20 Å². The van der Waals surface area contributed by atoms with Crippen molar-refractivity contribution in [3.63, 3.8) is 0 Å². The van der Waals surface area contributed by atoms with Gasteiger partial charge < -0.3 is 21.3 Å². The van der Waals surface area contributed by atoms with Crippen molar-refractivity contribution in [2.75, 3.05) is 39.3 Å². The summed E-state index contributed by atoms with van der Waals surface area (Å²) in [4.78, 5) is 12.1. The number of rotatable bonds is 2. The van der Waals surface area contributed by atoms with Gasteiger partial charge in [0.2, 0.25) is 0 Å². The van der Waals surface area contributed by atoms with E-state index in [0.717, 1.165) is 50.4 Å². The number of hydrogen-bond donors (Lipinski definition) is 5. The number of aromatic nitrogens is 2. The molecule has 0 radical (unpaired) electrons. The highest BCUT2D eigenvalue weighted by Gasteiger charge is 2.26. The summed E-state index contributed by atoms with van der Waals surface area (Å²) in [5.74, 6) is 0. The minimum Gasteiger partial charge on any atom is -0.314 e. The van der Waals surface area contributed by atoms with Crippen LogP contribution >= 0.6 is 0 Å². The molecule has 2 aliphatic heterocycles. The maximum absolute atomic E-state index is 12.1. The summed E-state index contributed by atoms with van der Waals surface area (Å²) in [6.45, 7) is 5.30. The first-order valence-corrected chi connectivity index (χ1v) is 6.82. The predicted octanol–water partition coefficient (Wildman–Crippen LogP) is -1.76. The summed E-state index contributed by atoms with van der Waals surface area (Å²) in [5.41, 5.74) is 1.71. The van der Waals surface area contributed by atoms with Crippen molar-refractivity contribution >= 4 is 0 Å². The molecule has 2 saturated heterocycles. The molecule has 0 amide bonds. The number of aromatic amines is 1. The number of piperazine rings is 2. The Morgan fingerprint density at radius 2 is 1.68 bits per heavy atom. The Morgan fingerprint density at radius 1 is 1.00 bits per heavy atom. The summed E-state index contributed by atoms with van der Waals surface area (Å²) >= 11 is 0. The average Bonchev–Trinajstić information content (AvgIpc) is 2.49. The van der Waals surface area contributed by atoms with Gasteiger partial charge in [-0.15, -0.1) is 0 Å². The van der Waals surface area contributed by atoms with Gasteiger partial charge in [0.1, 0.15) is 0 Å². The third kappa shape index (κ3) is 2.69. The zero-order valence-corrected chi connectivity index (χ0v) is 10.8. The van der Waals surface area contributed by atoms with E-state index in [9.17, 15) is 4.79 Å². The van der Waals surface area contributed by atoms with Gasteiger partial charge in [-0.1, -0.05) is 0 Å². The summed E-state index contributed by atoms with van der Waals surface area (Å²) < 4.78 is 0. The molecule has 1 aromatic heterocycles. The van der Waals surface area contributed by atoms with Crippen LogP contribution in [0.1, 0.15) is 23.2 Å². The lowest BCUT2D eigenvalue weighted by molar-refractivity contribution is 0.400. The van der Waals surface area contributed by atoms with E-state index in [4.69, 9.17) is 0 Å². The minimum atomic E-state index is -0.0916. The lowest BCUT2D eigenvalue weighted by Gasteiger charge is -2.30. The average molecular weight is 264 g/mol. The van der Waals surface area contributed by atoms with Crippen molar-refractivity contribution in [1.29, 1.82) is 0 Å². The summed E-state index contributed by atoms with van der Waals surface area (Å²) in [7, 11) is 0. The van der Waals surface area contributed by atoms with Crippen LogP contribution in [0.25, 0.3) is 0 Å². The smallest absolute Gasteiger partial charge is 0.269 e. The second kappa shape index (κ2) is 5.79. The fourth-order valence-electron chi connectivity index (χ4n) is 2.79. The third-order valence-electron chi connectivity index (χ3n) is 3.73. The predicted molar refractivity (Wildman–Crippen MR) is 72.1 cm³/mol. The first-order chi connectivity index (χ1) is 9.36. The van der Waals surface area contributed by atoms with Gasteiger partial charge in [0.25, 0.3) is 5.56 Å². The van der Waals surface area contributed by atoms with Gasteiger partial charge in [-0.2, -0.15) is 5.10 Å². The molecule has 7 nitrogen and oxygen atoms in total. The Morgan fingerprint density at radius 3 is 2.32 bits per heavy atom. The van der Waals surface area contributed by atoms with E-state index < -0.39 is 0 Å². The van der Waals surface area contributed by atoms with Crippen molar-refractivity contribution in [2.45, 2.75) is 12.1 Å². The number of H-pyrrole nitrogens is 1. The molecule has 7 heteroatoms. The van der Waals surface area contributed by atoms with E-state index in [1.165, 1.54) is 0 Å². The van der Waals surface area contributed by atoms with Crippen LogP contribution in [0.2, 0.25) is 0 Å². The Labute approximate surface area is 111 Å². The molecule has 0 aliphatic carbocycles. The van der Waals surface area contributed by atoms with Gasteiger partial charge in [-0.25, -0.2) is 5.10 Å². The molecule has 0 saturated carbocycles. The molecule has 104 valence electrons. The third-order valence-corrected chi connectivity index (χ3v) is 3.73. The first-order valence-electron chi connectivity index (χ1n) is 6.82. The molecule has 0 spiro atoms. The molecule has 2 fully saturated rings. The lowest BCUT2D eigenvalue weighted by Crippen LogP contribution is -2.47. The van der Waals surface area contributed by atoms with E-state index in [2.05, 4.69) is 31.5 Å². The van der Waals surface area contributed by atoms with Gasteiger partial charge in [0, 0.05) is 56.4 Å². The van der Waals surface area contributed by atoms with Gasteiger partial charge in [0.05, 0.1) is 12.2 Å². The second-order valence-electron chi connectivity index (χ2n) is 4.99. The van der Waals surface area contributed by atoms with Gasteiger partial charge >= 0.3 is 0 Å². The highest BCUT2D eigenvalue weighted by atomic mass is 16.1. The van der Waals surface area contributed by atoms with Crippen LogP contribution in [0.15, 0.2) is 11.0 Å². The Balaban J connectivity index is 1.94. The van der Waals surface area contributed by atoms with Crippen LogP contribution in [0, 0.1) is 0 Å². The van der Waals surface area contributed by atoms with E-state index in [1.807, 2.05) is 0 Å². The zero-order chi connectivity index (χ0) is 13.1. The summed E-state index contributed by atoms with van der Waals surface area (Å²) in [6.07, 6.45) is 1.78. The molecule has 1 aromatic rings. The largest absolute Gasteiger partial charge is 0.314 e. The van der Waals surface area contributed by atoms with Crippen molar-refractivity contribution in [2.24, 2.45) is 0 Å². The highest BCUT2D eigenvalue weighted by Crippen LogP contribution is 2.21. The maximum Gasteiger partial charge on any atom is 0.269 e. The zero-order valence-electron chi connectivity index (χ0n) is 10.8. The summed E-state index contributed by atoms with van der Waals surface area (Å²) in [5, 5.41) is 20.0. The molecule has 19 heavy (non-hydrogen) atoms. The highest BCUT2D eigenvalue weighted by molar-refractivity contribution is 5.29. The van der Waals surface area contributed by atoms with Crippen LogP contribution < -0.4 is 26.8 Å². The van der Waals surface area contributed by atoms with Crippen LogP contribution in [0.4, 0.5) is 0 Å². The van der Waals surface area contributed by atoms with Crippen molar-refractivity contribution in [3.05, 3.63) is 27.7 Å². The normalized spacial score (nSPS) is 28.2. The monoisotopic (exact) mass is 264 g/mol. The van der Waals surface area contributed by atoms with Crippen molar-refractivity contribution in [3.8, 4) is 0 Å². The lowest BCUT2D eigenvalue weighted by atomic mass is 9.96. The number of nitrogens with zero attached hydrogens (tertiary/aromatic N) is 1. The Hall–Kier alpha value is -1.28. The van der Waals surface area contributed by atoms with Gasteiger partial charge in [-0.05, 0) is 0 Å². The van der Waals surface area contributed by atoms with Crippen LogP contribution in [-0.4, -0.2) is 49.5 Å².